The lowest BCUT2D eigenvalue weighted by Crippen LogP contribution is -2.48. The highest BCUT2D eigenvalue weighted by Gasteiger charge is 2.41. The van der Waals surface area contributed by atoms with Crippen molar-refractivity contribution >= 4 is 22.6 Å². The molecule has 0 bridgehead atoms. The van der Waals surface area contributed by atoms with E-state index in [4.69, 9.17) is 14.5 Å². The van der Waals surface area contributed by atoms with Crippen molar-refractivity contribution in [3.63, 3.8) is 0 Å². The van der Waals surface area contributed by atoms with E-state index in [-0.39, 0.29) is 5.91 Å². The van der Waals surface area contributed by atoms with Crippen LogP contribution in [-0.2, 0) is 17.8 Å². The number of aromatic nitrogens is 2. The number of hydrogen-bond acceptors (Lipinski definition) is 5. The van der Waals surface area contributed by atoms with Gasteiger partial charge in [0.1, 0.15) is 23.9 Å². The van der Waals surface area contributed by atoms with Crippen LogP contribution in [0.25, 0.3) is 10.9 Å². The van der Waals surface area contributed by atoms with E-state index in [9.17, 15) is 4.79 Å². The van der Waals surface area contributed by atoms with Gasteiger partial charge in [0.05, 0.1) is 11.2 Å². The minimum Gasteiger partial charge on any atom is -0.487 e. The Kier molecular flexibility index (Phi) is 6.36. The van der Waals surface area contributed by atoms with Gasteiger partial charge in [-0.25, -0.2) is 9.97 Å². The highest BCUT2D eigenvalue weighted by Crippen LogP contribution is 2.44. The second-order valence-electron chi connectivity index (χ2n) is 10.3. The average Bonchev–Trinajstić information content (AvgIpc) is 2.86. The Labute approximate surface area is 218 Å². The molecule has 2 aromatic carbocycles. The van der Waals surface area contributed by atoms with Gasteiger partial charge in [-0.2, -0.15) is 0 Å². The van der Waals surface area contributed by atoms with Crippen molar-refractivity contribution in [2.75, 3.05) is 5.32 Å². The quantitative estimate of drug-likeness (QED) is 0.343. The van der Waals surface area contributed by atoms with E-state index >= 15 is 0 Å². The van der Waals surface area contributed by atoms with Gasteiger partial charge in [-0.05, 0) is 94.5 Å². The molecule has 190 valence electrons. The third kappa shape index (κ3) is 4.76. The van der Waals surface area contributed by atoms with Crippen molar-refractivity contribution in [2.24, 2.45) is 0 Å². The summed E-state index contributed by atoms with van der Waals surface area (Å²) in [6.45, 7) is 12.3. The molecule has 1 aliphatic heterocycles. The summed E-state index contributed by atoms with van der Waals surface area (Å²) >= 11 is 0. The van der Waals surface area contributed by atoms with Crippen LogP contribution in [0.1, 0.15) is 52.5 Å². The van der Waals surface area contributed by atoms with Crippen molar-refractivity contribution < 1.29 is 14.3 Å². The fourth-order valence-corrected chi connectivity index (χ4v) is 5.10. The summed E-state index contributed by atoms with van der Waals surface area (Å²) in [5, 5.41) is 4.08. The van der Waals surface area contributed by atoms with E-state index < -0.39 is 5.60 Å². The van der Waals surface area contributed by atoms with E-state index in [1.807, 2.05) is 71.0 Å². The highest BCUT2D eigenvalue weighted by molar-refractivity contribution is 5.97. The molecule has 0 saturated carbocycles. The molecule has 1 atom stereocenters. The van der Waals surface area contributed by atoms with Crippen molar-refractivity contribution in [1.82, 2.24) is 9.97 Å². The van der Waals surface area contributed by atoms with Gasteiger partial charge in [-0.1, -0.05) is 24.3 Å². The first-order valence-electron chi connectivity index (χ1n) is 12.7. The minimum atomic E-state index is -0.993. The number of ether oxygens (including phenoxy) is 2. The molecule has 6 heteroatoms. The molecular weight excluding hydrogens is 462 g/mol. The fraction of sp³-hybridized carbons (Fsp3) is 0.323. The van der Waals surface area contributed by atoms with Crippen LogP contribution in [0.5, 0.6) is 11.5 Å². The normalized spacial score (nSPS) is 16.7. The molecule has 6 nitrogen and oxygen atoms in total. The van der Waals surface area contributed by atoms with Gasteiger partial charge in [-0.15, -0.1) is 0 Å². The molecule has 0 saturated heterocycles. The summed E-state index contributed by atoms with van der Waals surface area (Å²) < 4.78 is 12.8. The zero-order valence-corrected chi connectivity index (χ0v) is 22.4. The van der Waals surface area contributed by atoms with E-state index in [0.717, 1.165) is 68.0 Å². The largest absolute Gasteiger partial charge is 0.487 e. The second kappa shape index (κ2) is 9.51. The average molecular weight is 496 g/mol. The Morgan fingerprint density at radius 2 is 1.78 bits per heavy atom. The lowest BCUT2D eigenvalue weighted by Gasteiger charge is -2.37. The van der Waals surface area contributed by atoms with E-state index in [1.165, 1.54) is 0 Å². The van der Waals surface area contributed by atoms with Crippen LogP contribution in [0.4, 0.5) is 5.82 Å². The Morgan fingerprint density at radius 3 is 2.57 bits per heavy atom. The number of anilines is 1. The van der Waals surface area contributed by atoms with Gasteiger partial charge in [0.15, 0.2) is 5.60 Å². The molecule has 1 aliphatic rings. The van der Waals surface area contributed by atoms with Crippen LogP contribution >= 0.6 is 0 Å². The second-order valence-corrected chi connectivity index (χ2v) is 10.3. The maximum atomic E-state index is 13.3. The van der Waals surface area contributed by atoms with Gasteiger partial charge in [0.25, 0.3) is 5.91 Å². The number of carbonyl (C=O) groups is 1. The molecule has 1 unspecified atom stereocenters. The van der Waals surface area contributed by atoms with Crippen LogP contribution in [0, 0.1) is 34.6 Å². The molecule has 1 N–H and O–H groups in total. The van der Waals surface area contributed by atoms with Gasteiger partial charge in [0.2, 0.25) is 0 Å². The minimum absolute atomic E-state index is 0.187. The number of carbonyl (C=O) groups excluding carboxylic acids is 1. The van der Waals surface area contributed by atoms with Gasteiger partial charge in [0, 0.05) is 23.1 Å². The van der Waals surface area contributed by atoms with Crippen molar-refractivity contribution in [3.05, 3.63) is 87.7 Å². The first-order chi connectivity index (χ1) is 17.6. The van der Waals surface area contributed by atoms with E-state index in [0.29, 0.717) is 18.8 Å². The fourth-order valence-electron chi connectivity index (χ4n) is 5.10. The first-order valence-corrected chi connectivity index (χ1v) is 12.7. The molecule has 0 aliphatic carbocycles. The number of nitrogens with zero attached hydrogens (tertiary/aromatic N) is 2. The predicted molar refractivity (Wildman–Crippen MR) is 146 cm³/mol. The zero-order chi connectivity index (χ0) is 26.3. The third-order valence-electron chi connectivity index (χ3n) is 7.33. The molecule has 3 heterocycles. The topological polar surface area (TPSA) is 73.3 Å². The number of pyridine rings is 2. The van der Waals surface area contributed by atoms with Crippen molar-refractivity contribution in [3.8, 4) is 11.5 Å². The van der Waals surface area contributed by atoms with Crippen LogP contribution in [0.2, 0.25) is 0 Å². The summed E-state index contributed by atoms with van der Waals surface area (Å²) in [5.41, 5.74) is 6.92. The molecule has 5 rings (SSSR count). The molecule has 2 aromatic heterocycles. The highest BCUT2D eigenvalue weighted by atomic mass is 16.5. The zero-order valence-electron chi connectivity index (χ0n) is 22.4. The van der Waals surface area contributed by atoms with E-state index in [2.05, 4.69) is 29.4 Å². The van der Waals surface area contributed by atoms with Gasteiger partial charge in [-0.3, -0.25) is 4.79 Å². The van der Waals surface area contributed by atoms with Crippen LogP contribution in [0.15, 0.2) is 48.5 Å². The number of fused-ring (bicyclic) bond motifs is 2. The molecule has 1 amide bonds. The Bertz CT molecular complexity index is 1510. The molecule has 0 radical (unpaired) electrons. The maximum Gasteiger partial charge on any atom is 0.269 e. The lowest BCUT2D eigenvalue weighted by molar-refractivity contribution is -0.131. The van der Waals surface area contributed by atoms with Crippen LogP contribution in [0.3, 0.4) is 0 Å². The molecule has 0 spiro atoms. The standard InChI is InChI=1S/C31H33N3O3/c1-18-15-19(2)32-27(16-18)34-30(35)31(6)14-13-25-22(5)28(20(3)21(4)29(25)37-31)36-17-24-12-11-23-9-7-8-10-26(23)33-24/h7-12,15-16H,13-14,17H2,1-6H3,(H,32,34,35). The Hall–Kier alpha value is -3.93. The maximum absolute atomic E-state index is 13.3. The summed E-state index contributed by atoms with van der Waals surface area (Å²) in [6.07, 6.45) is 1.28. The number of para-hydroxylation sites is 1. The third-order valence-corrected chi connectivity index (χ3v) is 7.33. The lowest BCUT2D eigenvalue weighted by atomic mass is 9.86. The molecular formula is C31H33N3O3. The number of benzene rings is 2. The van der Waals surface area contributed by atoms with Crippen LogP contribution < -0.4 is 14.8 Å². The number of amides is 1. The summed E-state index contributed by atoms with van der Waals surface area (Å²) in [4.78, 5) is 22.5. The Morgan fingerprint density at radius 1 is 1.00 bits per heavy atom. The first kappa shape index (κ1) is 24.8. The smallest absolute Gasteiger partial charge is 0.269 e. The van der Waals surface area contributed by atoms with Crippen molar-refractivity contribution in [2.45, 2.75) is 66.6 Å². The number of rotatable bonds is 5. The SMILES string of the molecule is Cc1cc(C)nc(NC(=O)C2(C)CCc3c(C)c(OCc4ccc5ccccc5n4)c(C)c(C)c3O2)c1. The number of aryl methyl sites for hydroxylation is 2. The Balaban J connectivity index is 1.38. The van der Waals surface area contributed by atoms with E-state index in [1.54, 1.807) is 0 Å². The summed E-state index contributed by atoms with van der Waals surface area (Å²) in [7, 11) is 0. The van der Waals surface area contributed by atoms with Gasteiger partial charge >= 0.3 is 0 Å². The molecule has 4 aromatic rings. The summed E-state index contributed by atoms with van der Waals surface area (Å²) in [5.74, 6) is 2.01. The summed E-state index contributed by atoms with van der Waals surface area (Å²) in [6, 6.07) is 16.0. The van der Waals surface area contributed by atoms with Crippen molar-refractivity contribution in [1.29, 1.82) is 0 Å². The number of hydrogen-bond donors (Lipinski definition) is 1. The molecule has 0 fully saturated rings. The molecule has 37 heavy (non-hydrogen) atoms. The monoisotopic (exact) mass is 495 g/mol. The van der Waals surface area contributed by atoms with Crippen LogP contribution in [-0.4, -0.2) is 21.5 Å². The number of nitrogens with one attached hydrogen (secondary N) is 1. The van der Waals surface area contributed by atoms with Gasteiger partial charge < -0.3 is 14.8 Å². The predicted octanol–water partition coefficient (Wildman–Crippen LogP) is 6.47.